The van der Waals surface area contributed by atoms with Crippen LogP contribution in [0.2, 0.25) is 0 Å². The third-order valence-electron chi connectivity index (χ3n) is 2.75. The molecule has 4 nitrogen and oxygen atoms in total. The van der Waals surface area contributed by atoms with Crippen LogP contribution < -0.4 is 5.32 Å². The number of hydrogen-bond acceptors (Lipinski definition) is 4. The van der Waals surface area contributed by atoms with E-state index in [0.29, 0.717) is 18.2 Å². The molecule has 3 atom stereocenters. The van der Waals surface area contributed by atoms with Gasteiger partial charge in [-0.2, -0.15) is 0 Å². The SMILES string of the molecule is CNC(COC)CN1C[C@@H](C)O[C@@H](C)C1. The molecule has 1 aliphatic heterocycles. The molecule has 0 saturated carbocycles. The highest BCUT2D eigenvalue weighted by atomic mass is 16.5. The number of likely N-dealkylation sites (N-methyl/N-ethyl adjacent to an activating group) is 1. The molecule has 0 bridgehead atoms. The van der Waals surface area contributed by atoms with E-state index in [4.69, 9.17) is 9.47 Å². The van der Waals surface area contributed by atoms with Crippen molar-refractivity contribution >= 4 is 0 Å². The van der Waals surface area contributed by atoms with Gasteiger partial charge in [0.1, 0.15) is 0 Å². The summed E-state index contributed by atoms with van der Waals surface area (Å²) < 4.78 is 10.9. The van der Waals surface area contributed by atoms with E-state index in [2.05, 4.69) is 24.1 Å². The largest absolute Gasteiger partial charge is 0.383 e. The first-order chi connectivity index (χ1) is 7.15. The maximum Gasteiger partial charge on any atom is 0.0678 e. The third-order valence-corrected chi connectivity index (χ3v) is 2.75. The summed E-state index contributed by atoms with van der Waals surface area (Å²) in [6.45, 7) is 8.10. The lowest BCUT2D eigenvalue weighted by molar-refractivity contribution is -0.0711. The number of nitrogens with zero attached hydrogens (tertiary/aromatic N) is 1. The molecule has 90 valence electrons. The third kappa shape index (κ3) is 4.47. The first kappa shape index (κ1) is 12.9. The molecule has 0 aromatic carbocycles. The fourth-order valence-electron chi connectivity index (χ4n) is 2.17. The molecule has 0 aromatic rings. The standard InChI is InChI=1S/C11H24N2O2/c1-9-5-13(6-10(2)15-9)7-11(12-3)8-14-4/h9-12H,5-8H2,1-4H3/t9-,10+,11?. The van der Waals surface area contributed by atoms with Crippen LogP contribution in [-0.4, -0.2) is 63.5 Å². The topological polar surface area (TPSA) is 33.7 Å². The van der Waals surface area contributed by atoms with Crippen LogP contribution in [0.4, 0.5) is 0 Å². The normalized spacial score (nSPS) is 30.4. The summed E-state index contributed by atoms with van der Waals surface area (Å²) in [6, 6.07) is 0.410. The van der Waals surface area contributed by atoms with Gasteiger partial charge in [-0.1, -0.05) is 0 Å². The van der Waals surface area contributed by atoms with E-state index in [-0.39, 0.29) is 0 Å². The summed E-state index contributed by atoms with van der Waals surface area (Å²) in [5, 5.41) is 3.27. The number of rotatable bonds is 5. The predicted octanol–water partition coefficient (Wildman–Crippen LogP) is 0.330. The van der Waals surface area contributed by atoms with Crippen molar-refractivity contribution in [3.63, 3.8) is 0 Å². The van der Waals surface area contributed by atoms with Gasteiger partial charge in [0.05, 0.1) is 18.8 Å². The molecule has 0 amide bonds. The summed E-state index contributed by atoms with van der Waals surface area (Å²) in [5.41, 5.74) is 0. The van der Waals surface area contributed by atoms with E-state index < -0.39 is 0 Å². The van der Waals surface area contributed by atoms with Crippen LogP contribution >= 0.6 is 0 Å². The number of morpholine rings is 1. The minimum Gasteiger partial charge on any atom is -0.383 e. The monoisotopic (exact) mass is 216 g/mol. The van der Waals surface area contributed by atoms with Crippen LogP contribution in [0, 0.1) is 0 Å². The van der Waals surface area contributed by atoms with E-state index in [0.717, 1.165) is 26.2 Å². The minimum absolute atomic E-state index is 0.341. The second-order valence-corrected chi connectivity index (χ2v) is 4.42. The van der Waals surface area contributed by atoms with Crippen molar-refractivity contribution in [1.29, 1.82) is 0 Å². The molecule has 0 aromatic heterocycles. The zero-order valence-electron chi connectivity index (χ0n) is 10.3. The fourth-order valence-corrected chi connectivity index (χ4v) is 2.17. The Kier molecular flexibility index (Phi) is 5.53. The van der Waals surface area contributed by atoms with Gasteiger partial charge in [-0.05, 0) is 20.9 Å². The average Bonchev–Trinajstić information content (AvgIpc) is 2.15. The van der Waals surface area contributed by atoms with Crippen molar-refractivity contribution < 1.29 is 9.47 Å². The second kappa shape index (κ2) is 6.43. The predicted molar refractivity (Wildman–Crippen MR) is 61.2 cm³/mol. The first-order valence-corrected chi connectivity index (χ1v) is 5.69. The summed E-state index contributed by atoms with van der Waals surface area (Å²) in [7, 11) is 3.73. The summed E-state index contributed by atoms with van der Waals surface area (Å²) in [5.74, 6) is 0. The van der Waals surface area contributed by atoms with Crippen molar-refractivity contribution in [2.45, 2.75) is 32.1 Å². The van der Waals surface area contributed by atoms with Gasteiger partial charge in [0.2, 0.25) is 0 Å². The molecule has 1 N–H and O–H groups in total. The molecule has 0 aliphatic carbocycles. The quantitative estimate of drug-likeness (QED) is 0.718. The minimum atomic E-state index is 0.341. The van der Waals surface area contributed by atoms with E-state index in [1.165, 1.54) is 0 Å². The molecule has 15 heavy (non-hydrogen) atoms. The molecule has 1 heterocycles. The average molecular weight is 216 g/mol. The van der Waals surface area contributed by atoms with Crippen LogP contribution in [0.15, 0.2) is 0 Å². The van der Waals surface area contributed by atoms with Crippen LogP contribution in [0.25, 0.3) is 0 Å². The Labute approximate surface area is 92.9 Å². The van der Waals surface area contributed by atoms with Gasteiger partial charge < -0.3 is 14.8 Å². The van der Waals surface area contributed by atoms with Crippen molar-refractivity contribution in [3.8, 4) is 0 Å². The molecule has 1 aliphatic rings. The van der Waals surface area contributed by atoms with E-state index in [1.807, 2.05) is 7.05 Å². The Balaban J connectivity index is 2.35. The number of methoxy groups -OCH3 is 1. The molecule has 1 unspecified atom stereocenters. The van der Waals surface area contributed by atoms with Crippen LogP contribution in [0.3, 0.4) is 0 Å². The van der Waals surface area contributed by atoms with Crippen LogP contribution in [0.1, 0.15) is 13.8 Å². The number of hydrogen-bond donors (Lipinski definition) is 1. The van der Waals surface area contributed by atoms with E-state index >= 15 is 0 Å². The Morgan fingerprint density at radius 3 is 2.47 bits per heavy atom. The van der Waals surface area contributed by atoms with Gasteiger partial charge in [0.15, 0.2) is 0 Å². The van der Waals surface area contributed by atoms with E-state index in [1.54, 1.807) is 7.11 Å². The van der Waals surface area contributed by atoms with Gasteiger partial charge in [-0.3, -0.25) is 4.90 Å². The lowest BCUT2D eigenvalue weighted by atomic mass is 10.2. The van der Waals surface area contributed by atoms with Gasteiger partial charge in [-0.25, -0.2) is 0 Å². The maximum atomic E-state index is 5.70. The molecular formula is C11H24N2O2. The molecule has 0 radical (unpaired) electrons. The maximum absolute atomic E-state index is 5.70. The zero-order chi connectivity index (χ0) is 11.3. The summed E-state index contributed by atoms with van der Waals surface area (Å²) in [6.07, 6.45) is 0.683. The van der Waals surface area contributed by atoms with Crippen molar-refractivity contribution in [3.05, 3.63) is 0 Å². The second-order valence-electron chi connectivity index (χ2n) is 4.42. The Bertz CT molecular complexity index is 168. The summed E-state index contributed by atoms with van der Waals surface area (Å²) >= 11 is 0. The van der Waals surface area contributed by atoms with Gasteiger partial charge >= 0.3 is 0 Å². The number of nitrogens with one attached hydrogen (secondary N) is 1. The van der Waals surface area contributed by atoms with Crippen LogP contribution in [0.5, 0.6) is 0 Å². The summed E-state index contributed by atoms with van der Waals surface area (Å²) in [4.78, 5) is 2.44. The van der Waals surface area contributed by atoms with Crippen LogP contribution in [-0.2, 0) is 9.47 Å². The van der Waals surface area contributed by atoms with Gasteiger partial charge in [0, 0.05) is 32.8 Å². The Morgan fingerprint density at radius 1 is 1.40 bits per heavy atom. The van der Waals surface area contributed by atoms with Gasteiger partial charge in [0.25, 0.3) is 0 Å². The molecule has 4 heteroatoms. The molecule has 0 spiro atoms. The van der Waals surface area contributed by atoms with Gasteiger partial charge in [-0.15, -0.1) is 0 Å². The number of ether oxygens (including phenoxy) is 2. The Hall–Kier alpha value is -0.160. The molecule has 1 rings (SSSR count). The molecule has 1 saturated heterocycles. The molecule has 1 fully saturated rings. The molecular weight excluding hydrogens is 192 g/mol. The highest BCUT2D eigenvalue weighted by Gasteiger charge is 2.23. The van der Waals surface area contributed by atoms with Crippen molar-refractivity contribution in [1.82, 2.24) is 10.2 Å². The fraction of sp³-hybridized carbons (Fsp3) is 1.00. The first-order valence-electron chi connectivity index (χ1n) is 5.69. The Morgan fingerprint density at radius 2 is 2.00 bits per heavy atom. The highest BCUT2D eigenvalue weighted by Crippen LogP contribution is 2.10. The smallest absolute Gasteiger partial charge is 0.0678 e. The zero-order valence-corrected chi connectivity index (χ0v) is 10.3. The van der Waals surface area contributed by atoms with Crippen molar-refractivity contribution in [2.24, 2.45) is 0 Å². The lowest BCUT2D eigenvalue weighted by Gasteiger charge is -2.37. The van der Waals surface area contributed by atoms with Crippen molar-refractivity contribution in [2.75, 3.05) is 40.4 Å². The highest BCUT2D eigenvalue weighted by molar-refractivity contribution is 4.77. The lowest BCUT2D eigenvalue weighted by Crippen LogP contribution is -2.51. The van der Waals surface area contributed by atoms with E-state index in [9.17, 15) is 0 Å².